The Bertz CT molecular complexity index is 765. The molecule has 1 aliphatic heterocycles. The quantitative estimate of drug-likeness (QED) is 0.617. The van der Waals surface area contributed by atoms with Crippen molar-refractivity contribution in [3.8, 4) is 11.4 Å². The number of nitrogens with one attached hydrogen (secondary N) is 2. The van der Waals surface area contributed by atoms with Crippen LogP contribution in [0.1, 0.15) is 17.8 Å². The predicted molar refractivity (Wildman–Crippen MR) is 91.4 cm³/mol. The molecular weight excluding hydrogens is 372 g/mol. The number of hydrogen-bond donors (Lipinski definition) is 2. The first kappa shape index (κ1) is 18.9. The molecule has 0 radical (unpaired) electrons. The number of imidazole rings is 1. The van der Waals surface area contributed by atoms with Gasteiger partial charge in [0.2, 0.25) is 5.95 Å². The van der Waals surface area contributed by atoms with Crippen molar-refractivity contribution in [1.29, 1.82) is 0 Å². The van der Waals surface area contributed by atoms with E-state index in [-0.39, 0.29) is 23.9 Å². The Morgan fingerprint density at radius 1 is 1.31 bits per heavy atom. The van der Waals surface area contributed by atoms with Crippen LogP contribution in [0.25, 0.3) is 11.4 Å². The molecule has 0 aliphatic carbocycles. The zero-order valence-electron chi connectivity index (χ0n) is 14.1. The summed E-state index contributed by atoms with van der Waals surface area (Å²) in [5, 5.41) is 2.84. The third kappa shape index (κ3) is 4.09. The molecule has 2 atom stereocenters. The number of rotatable bonds is 4. The lowest BCUT2D eigenvalue weighted by Crippen LogP contribution is -2.45. The number of aryl methyl sites for hydroxylation is 1. The summed E-state index contributed by atoms with van der Waals surface area (Å²) in [7, 11) is 0. The maximum absolute atomic E-state index is 14.3. The molecule has 0 amide bonds. The summed E-state index contributed by atoms with van der Waals surface area (Å²) in [5.74, 6) is 0.431. The van der Waals surface area contributed by atoms with E-state index in [0.717, 1.165) is 0 Å². The molecular formula is C15H18F4N6S. The number of aromatic nitrogens is 4. The molecule has 142 valence electrons. The van der Waals surface area contributed by atoms with Crippen LogP contribution in [0.2, 0.25) is 0 Å². The van der Waals surface area contributed by atoms with E-state index in [4.69, 9.17) is 0 Å². The highest BCUT2D eigenvalue weighted by Crippen LogP contribution is 2.35. The lowest BCUT2D eigenvalue weighted by atomic mass is 10.1. The molecule has 0 aromatic carbocycles. The molecule has 6 nitrogen and oxygen atoms in total. The first-order valence-corrected chi connectivity index (χ1v) is 9.12. The summed E-state index contributed by atoms with van der Waals surface area (Å²) >= 11 is 1.46. The molecule has 2 N–H and O–H groups in total. The van der Waals surface area contributed by atoms with Gasteiger partial charge in [0.25, 0.3) is 0 Å². The van der Waals surface area contributed by atoms with Crippen LogP contribution in [0.5, 0.6) is 0 Å². The highest BCUT2D eigenvalue weighted by Gasteiger charge is 2.36. The van der Waals surface area contributed by atoms with E-state index in [2.05, 4.69) is 25.3 Å². The molecule has 1 saturated heterocycles. The van der Waals surface area contributed by atoms with Crippen molar-refractivity contribution in [2.45, 2.75) is 31.7 Å². The van der Waals surface area contributed by atoms with Crippen molar-refractivity contribution in [3.63, 3.8) is 0 Å². The fraction of sp³-hybridized carbons (Fsp3) is 0.533. The van der Waals surface area contributed by atoms with Gasteiger partial charge in [0.15, 0.2) is 0 Å². The van der Waals surface area contributed by atoms with Crippen molar-refractivity contribution in [2.24, 2.45) is 0 Å². The fourth-order valence-electron chi connectivity index (χ4n) is 2.78. The van der Waals surface area contributed by atoms with Crippen molar-refractivity contribution in [3.05, 3.63) is 23.8 Å². The zero-order valence-corrected chi connectivity index (χ0v) is 15.0. The van der Waals surface area contributed by atoms with Crippen LogP contribution in [0.4, 0.5) is 23.5 Å². The number of aromatic amines is 1. The average molecular weight is 390 g/mol. The normalized spacial score (nSPS) is 21.8. The maximum atomic E-state index is 14.3. The molecule has 26 heavy (non-hydrogen) atoms. The summed E-state index contributed by atoms with van der Waals surface area (Å²) < 4.78 is 56.0. The molecule has 3 rings (SSSR count). The molecule has 0 spiro atoms. The Hall–Kier alpha value is -1.88. The molecule has 0 saturated carbocycles. The molecule has 2 aromatic rings. The first-order valence-electron chi connectivity index (χ1n) is 7.94. The fourth-order valence-corrected chi connectivity index (χ4v) is 3.36. The Morgan fingerprint density at radius 3 is 2.65 bits per heavy atom. The first-order chi connectivity index (χ1) is 12.3. The van der Waals surface area contributed by atoms with E-state index in [1.807, 2.05) is 10.6 Å². The van der Waals surface area contributed by atoms with Gasteiger partial charge in [0, 0.05) is 19.3 Å². The van der Waals surface area contributed by atoms with Gasteiger partial charge in [-0.05, 0) is 19.6 Å². The van der Waals surface area contributed by atoms with Crippen molar-refractivity contribution in [1.82, 2.24) is 24.2 Å². The summed E-state index contributed by atoms with van der Waals surface area (Å²) in [5.41, 5.74) is -1.15. The second-order valence-electron chi connectivity index (χ2n) is 5.96. The highest BCUT2D eigenvalue weighted by molar-refractivity contribution is 7.96. The summed E-state index contributed by atoms with van der Waals surface area (Å²) in [6.07, 6.45) is -1.40. The van der Waals surface area contributed by atoms with Crippen molar-refractivity contribution in [2.75, 3.05) is 24.7 Å². The van der Waals surface area contributed by atoms with Gasteiger partial charge in [0.1, 0.15) is 23.3 Å². The van der Waals surface area contributed by atoms with Crippen LogP contribution in [-0.4, -0.2) is 55.8 Å². The number of alkyl halides is 4. The molecule has 1 fully saturated rings. The topological polar surface area (TPSA) is 69.7 Å². The molecule has 2 aromatic heterocycles. The van der Waals surface area contributed by atoms with Gasteiger partial charge in [0.05, 0.1) is 17.9 Å². The second-order valence-corrected chi connectivity index (χ2v) is 6.84. The number of H-pyrrole nitrogens is 1. The third-order valence-corrected chi connectivity index (χ3v) is 4.98. The smallest absolute Gasteiger partial charge is 0.348 e. The number of piperidine rings is 1. The molecule has 11 heteroatoms. The van der Waals surface area contributed by atoms with Crippen LogP contribution < -0.4 is 5.32 Å². The Kier molecular flexibility index (Phi) is 5.37. The predicted octanol–water partition coefficient (Wildman–Crippen LogP) is 3.30. The summed E-state index contributed by atoms with van der Waals surface area (Å²) in [4.78, 5) is 14.4. The summed E-state index contributed by atoms with van der Waals surface area (Å²) in [6.45, 7) is 2.54. The molecule has 0 bridgehead atoms. The largest absolute Gasteiger partial charge is 0.420 e. The standard InChI is InChI=1S/C15H18F4N6S/c1-8-20-6-12(22-8)13-9(15(17,18)19)5-21-14(24-13)23-11-3-4-25(26-2)7-10(11)16/h5-6,10-11H,3-4,7H2,1-2H3,(H,20,22)(H,21,23,24). The van der Waals surface area contributed by atoms with Crippen molar-refractivity contribution >= 4 is 17.9 Å². The van der Waals surface area contributed by atoms with Gasteiger partial charge in [-0.3, -0.25) is 0 Å². The van der Waals surface area contributed by atoms with E-state index in [9.17, 15) is 17.6 Å². The van der Waals surface area contributed by atoms with Gasteiger partial charge in [-0.2, -0.15) is 13.2 Å². The number of anilines is 1. The van der Waals surface area contributed by atoms with Crippen LogP contribution >= 0.6 is 11.9 Å². The zero-order chi connectivity index (χ0) is 18.9. The molecule has 1 aliphatic rings. The highest BCUT2D eigenvalue weighted by atomic mass is 32.2. The molecule has 2 unspecified atom stereocenters. The van der Waals surface area contributed by atoms with Crippen LogP contribution in [0.3, 0.4) is 0 Å². The second kappa shape index (κ2) is 7.39. The lowest BCUT2D eigenvalue weighted by molar-refractivity contribution is -0.137. The van der Waals surface area contributed by atoms with Crippen LogP contribution in [-0.2, 0) is 6.18 Å². The molecule has 3 heterocycles. The minimum absolute atomic E-state index is 0.0366. The van der Waals surface area contributed by atoms with Gasteiger partial charge < -0.3 is 10.3 Å². The Morgan fingerprint density at radius 2 is 2.08 bits per heavy atom. The van der Waals surface area contributed by atoms with E-state index >= 15 is 0 Å². The maximum Gasteiger partial charge on any atom is 0.420 e. The SMILES string of the molecule is CSN1CCC(Nc2ncc(C(F)(F)F)c(-c3cnc(C)[nH]3)n2)C(F)C1. The van der Waals surface area contributed by atoms with E-state index in [0.29, 0.717) is 25.0 Å². The minimum atomic E-state index is -4.61. The monoisotopic (exact) mass is 390 g/mol. The average Bonchev–Trinajstić information content (AvgIpc) is 3.02. The Labute approximate surface area is 152 Å². The Balaban J connectivity index is 1.87. The number of halogens is 4. The minimum Gasteiger partial charge on any atom is -0.348 e. The van der Waals surface area contributed by atoms with Gasteiger partial charge in [-0.1, -0.05) is 11.9 Å². The van der Waals surface area contributed by atoms with Gasteiger partial charge >= 0.3 is 6.18 Å². The van der Waals surface area contributed by atoms with Crippen LogP contribution in [0, 0.1) is 6.92 Å². The van der Waals surface area contributed by atoms with Gasteiger partial charge in [-0.15, -0.1) is 0 Å². The summed E-state index contributed by atoms with van der Waals surface area (Å²) in [6, 6.07) is -0.550. The third-order valence-electron chi connectivity index (χ3n) is 4.13. The number of nitrogens with zero attached hydrogens (tertiary/aromatic N) is 4. The van der Waals surface area contributed by atoms with Gasteiger partial charge in [-0.25, -0.2) is 23.6 Å². The van der Waals surface area contributed by atoms with Crippen LogP contribution in [0.15, 0.2) is 12.4 Å². The van der Waals surface area contributed by atoms with E-state index < -0.39 is 24.0 Å². The lowest BCUT2D eigenvalue weighted by Gasteiger charge is -2.33. The van der Waals surface area contributed by atoms with E-state index in [1.54, 1.807) is 6.92 Å². The number of hydrogen-bond acceptors (Lipinski definition) is 6. The van der Waals surface area contributed by atoms with Crippen molar-refractivity contribution < 1.29 is 17.6 Å². The van der Waals surface area contributed by atoms with E-state index in [1.165, 1.54) is 18.1 Å².